The fourth-order valence-electron chi connectivity index (χ4n) is 3.82. The molecule has 24 heavy (non-hydrogen) atoms. The van der Waals surface area contributed by atoms with Gasteiger partial charge in [0.1, 0.15) is 5.82 Å². The molecule has 2 aliphatic heterocycles. The van der Waals surface area contributed by atoms with Crippen molar-refractivity contribution in [3.05, 3.63) is 16.4 Å². The van der Waals surface area contributed by atoms with Gasteiger partial charge < -0.3 is 25.8 Å². The molecule has 1 aromatic heterocycles. The fourth-order valence-corrected chi connectivity index (χ4v) is 3.82. The second-order valence-electron chi connectivity index (χ2n) is 6.67. The third-order valence-electron chi connectivity index (χ3n) is 5.21. The van der Waals surface area contributed by atoms with Crippen LogP contribution in [0, 0.1) is 5.41 Å². The first kappa shape index (κ1) is 16.6. The van der Waals surface area contributed by atoms with Gasteiger partial charge in [0.15, 0.2) is 0 Å². The molecule has 2 saturated heterocycles. The van der Waals surface area contributed by atoms with Crippen LogP contribution >= 0.6 is 0 Å². The molecule has 0 unspecified atom stereocenters. The Bertz CT molecular complexity index is 696. The topological polar surface area (TPSA) is 123 Å². The zero-order valence-corrected chi connectivity index (χ0v) is 13.9. The van der Waals surface area contributed by atoms with Crippen molar-refractivity contribution in [2.45, 2.75) is 31.9 Å². The Hall–Kier alpha value is -2.29. The van der Waals surface area contributed by atoms with Crippen LogP contribution in [0.15, 0.2) is 10.9 Å². The Balaban J connectivity index is 1.78. The molecule has 2 atom stereocenters. The van der Waals surface area contributed by atoms with E-state index in [1.54, 1.807) is 7.05 Å². The number of nitrogens with zero attached hydrogens (tertiary/aromatic N) is 3. The van der Waals surface area contributed by atoms with E-state index in [1.165, 1.54) is 10.6 Å². The summed E-state index contributed by atoms with van der Waals surface area (Å²) in [5, 5.41) is 11.7. The van der Waals surface area contributed by atoms with Gasteiger partial charge in [-0.05, 0) is 19.8 Å². The molecule has 132 valence electrons. The van der Waals surface area contributed by atoms with E-state index in [1.807, 2.05) is 11.8 Å². The number of aromatic nitrogens is 2. The van der Waals surface area contributed by atoms with E-state index in [0.29, 0.717) is 25.6 Å². The molecular weight excluding hydrogens is 314 g/mol. The molecule has 1 amide bonds. The van der Waals surface area contributed by atoms with Crippen molar-refractivity contribution in [2.75, 3.05) is 30.3 Å². The monoisotopic (exact) mass is 337 g/mol. The van der Waals surface area contributed by atoms with Crippen LogP contribution in [-0.4, -0.2) is 52.6 Å². The first-order chi connectivity index (χ1) is 11.3. The van der Waals surface area contributed by atoms with Crippen LogP contribution in [0.1, 0.15) is 19.8 Å². The van der Waals surface area contributed by atoms with E-state index in [2.05, 4.69) is 10.3 Å². The maximum atomic E-state index is 11.9. The molecule has 1 spiro atoms. The summed E-state index contributed by atoms with van der Waals surface area (Å²) in [4.78, 5) is 29.3. The Kier molecular flexibility index (Phi) is 4.12. The molecular formula is C15H23N5O4. The first-order valence-electron chi connectivity index (χ1n) is 8.02. The van der Waals surface area contributed by atoms with Crippen molar-refractivity contribution >= 4 is 17.9 Å². The van der Waals surface area contributed by atoms with Gasteiger partial charge in [-0.1, -0.05) is 0 Å². The highest BCUT2D eigenvalue weighted by atomic mass is 16.5. The van der Waals surface area contributed by atoms with E-state index >= 15 is 0 Å². The highest BCUT2D eigenvalue weighted by Gasteiger charge is 2.50. The standard InChI is InChI=1S/C15H23N5O4/c1-9-12(18-14(22)23)15(8-24-9)3-5-20(6-4-15)13-17-10(16)7-11(21)19(13)2/h7,9,12,18H,3-6,8,16H2,1-2H3,(H,22,23)/t9-,12+/m0/s1. The summed E-state index contributed by atoms with van der Waals surface area (Å²) in [5.74, 6) is 0.751. The third kappa shape index (κ3) is 2.79. The molecule has 0 radical (unpaired) electrons. The molecule has 0 aliphatic carbocycles. The largest absolute Gasteiger partial charge is 0.465 e. The molecule has 0 saturated carbocycles. The minimum atomic E-state index is -1.03. The van der Waals surface area contributed by atoms with E-state index in [0.717, 1.165) is 12.8 Å². The number of ether oxygens (including phenoxy) is 1. The van der Waals surface area contributed by atoms with Crippen LogP contribution in [0.25, 0.3) is 0 Å². The maximum Gasteiger partial charge on any atom is 0.404 e. The number of nitrogens with two attached hydrogens (primary N) is 1. The van der Waals surface area contributed by atoms with Crippen molar-refractivity contribution in [2.24, 2.45) is 12.5 Å². The Morgan fingerprint density at radius 3 is 2.79 bits per heavy atom. The summed E-state index contributed by atoms with van der Waals surface area (Å²) in [6.07, 6.45) is 0.335. The van der Waals surface area contributed by atoms with Gasteiger partial charge in [0.25, 0.3) is 5.56 Å². The summed E-state index contributed by atoms with van der Waals surface area (Å²) in [5.41, 5.74) is 5.29. The van der Waals surface area contributed by atoms with Crippen LogP contribution in [0.5, 0.6) is 0 Å². The van der Waals surface area contributed by atoms with Crippen LogP contribution in [-0.2, 0) is 11.8 Å². The number of nitrogens with one attached hydrogen (secondary N) is 1. The maximum absolute atomic E-state index is 11.9. The summed E-state index contributed by atoms with van der Waals surface area (Å²) < 4.78 is 7.21. The predicted octanol–water partition coefficient (Wildman–Crippen LogP) is 0.00400. The smallest absolute Gasteiger partial charge is 0.404 e. The van der Waals surface area contributed by atoms with Crippen molar-refractivity contribution in [3.8, 4) is 0 Å². The van der Waals surface area contributed by atoms with Gasteiger partial charge in [0, 0.05) is 31.6 Å². The number of amides is 1. The average Bonchev–Trinajstić information content (AvgIpc) is 2.81. The number of carboxylic acid groups (broad SMARTS) is 1. The highest BCUT2D eigenvalue weighted by molar-refractivity contribution is 5.65. The van der Waals surface area contributed by atoms with Gasteiger partial charge in [-0.25, -0.2) is 4.79 Å². The minimum absolute atomic E-state index is 0.150. The van der Waals surface area contributed by atoms with Crippen molar-refractivity contribution in [1.29, 1.82) is 0 Å². The Morgan fingerprint density at radius 2 is 2.17 bits per heavy atom. The van der Waals surface area contributed by atoms with Crippen molar-refractivity contribution < 1.29 is 14.6 Å². The highest BCUT2D eigenvalue weighted by Crippen LogP contribution is 2.42. The van der Waals surface area contributed by atoms with Gasteiger partial charge in [-0.3, -0.25) is 9.36 Å². The third-order valence-corrected chi connectivity index (χ3v) is 5.21. The van der Waals surface area contributed by atoms with Gasteiger partial charge in [-0.2, -0.15) is 4.98 Å². The van der Waals surface area contributed by atoms with Crippen LogP contribution in [0.3, 0.4) is 0 Å². The van der Waals surface area contributed by atoms with E-state index in [4.69, 9.17) is 15.6 Å². The number of hydrogen-bond acceptors (Lipinski definition) is 6. The average molecular weight is 337 g/mol. The molecule has 0 aromatic carbocycles. The molecule has 4 N–H and O–H groups in total. The lowest BCUT2D eigenvalue weighted by molar-refractivity contribution is 0.0970. The minimum Gasteiger partial charge on any atom is -0.465 e. The molecule has 2 fully saturated rings. The van der Waals surface area contributed by atoms with Crippen LogP contribution < -0.4 is 21.5 Å². The summed E-state index contributed by atoms with van der Waals surface area (Å²) in [7, 11) is 1.67. The number of piperidine rings is 1. The molecule has 9 heteroatoms. The number of nitrogen functional groups attached to an aromatic ring is 1. The zero-order chi connectivity index (χ0) is 17.5. The summed E-state index contributed by atoms with van der Waals surface area (Å²) in [6.45, 7) is 3.76. The SMILES string of the molecule is C[C@@H]1OCC2(CCN(c3nc(N)cc(=O)n3C)CC2)[C@@H]1NC(=O)O. The number of anilines is 2. The normalized spacial score (nSPS) is 25.8. The summed E-state index contributed by atoms with van der Waals surface area (Å²) >= 11 is 0. The number of hydrogen-bond donors (Lipinski definition) is 3. The lowest BCUT2D eigenvalue weighted by atomic mass is 9.73. The molecule has 0 bridgehead atoms. The zero-order valence-electron chi connectivity index (χ0n) is 13.9. The van der Waals surface area contributed by atoms with Gasteiger partial charge >= 0.3 is 6.09 Å². The quantitative estimate of drug-likeness (QED) is 0.694. The van der Waals surface area contributed by atoms with Crippen molar-refractivity contribution in [3.63, 3.8) is 0 Å². The van der Waals surface area contributed by atoms with Crippen LogP contribution in [0.4, 0.5) is 16.6 Å². The molecule has 1 aromatic rings. The Labute approximate surface area is 139 Å². The molecule has 9 nitrogen and oxygen atoms in total. The molecule has 3 heterocycles. The number of rotatable bonds is 2. The second-order valence-corrected chi connectivity index (χ2v) is 6.67. The second kappa shape index (κ2) is 5.97. The van der Waals surface area contributed by atoms with Gasteiger partial charge in [0.05, 0.1) is 18.8 Å². The van der Waals surface area contributed by atoms with E-state index in [-0.39, 0.29) is 28.9 Å². The predicted molar refractivity (Wildman–Crippen MR) is 88.1 cm³/mol. The van der Waals surface area contributed by atoms with Crippen LogP contribution in [0.2, 0.25) is 0 Å². The lowest BCUT2D eigenvalue weighted by Gasteiger charge is -2.42. The van der Waals surface area contributed by atoms with Crippen molar-refractivity contribution in [1.82, 2.24) is 14.9 Å². The fraction of sp³-hybridized carbons (Fsp3) is 0.667. The number of carbonyl (C=O) groups is 1. The molecule has 2 aliphatic rings. The first-order valence-corrected chi connectivity index (χ1v) is 8.02. The van der Waals surface area contributed by atoms with E-state index in [9.17, 15) is 9.59 Å². The van der Waals surface area contributed by atoms with E-state index < -0.39 is 6.09 Å². The lowest BCUT2D eigenvalue weighted by Crippen LogP contribution is -2.54. The van der Waals surface area contributed by atoms with Gasteiger partial charge in [0.2, 0.25) is 5.95 Å². The van der Waals surface area contributed by atoms with Gasteiger partial charge in [-0.15, -0.1) is 0 Å². The summed E-state index contributed by atoms with van der Waals surface area (Å²) in [6, 6.07) is 1.07. The molecule has 3 rings (SSSR count). The Morgan fingerprint density at radius 1 is 1.50 bits per heavy atom.